The summed E-state index contributed by atoms with van der Waals surface area (Å²) in [6.07, 6.45) is 0.957. The van der Waals surface area contributed by atoms with Crippen molar-refractivity contribution in [1.82, 2.24) is 4.98 Å². The van der Waals surface area contributed by atoms with Crippen LogP contribution in [0, 0.1) is 0 Å². The van der Waals surface area contributed by atoms with Gasteiger partial charge in [0.25, 0.3) is 0 Å². The van der Waals surface area contributed by atoms with Crippen LogP contribution < -0.4 is 0 Å². The van der Waals surface area contributed by atoms with Crippen LogP contribution in [-0.4, -0.2) is 21.2 Å². The Bertz CT molecular complexity index is 231. The first-order chi connectivity index (χ1) is 5.20. The van der Waals surface area contributed by atoms with Gasteiger partial charge in [0.2, 0.25) is 0 Å². The summed E-state index contributed by atoms with van der Waals surface area (Å²) in [6.45, 7) is 0. The van der Waals surface area contributed by atoms with Crippen molar-refractivity contribution in [3.8, 4) is 0 Å². The molecule has 1 aromatic heterocycles. The molecule has 0 amide bonds. The van der Waals surface area contributed by atoms with Crippen molar-refractivity contribution in [2.45, 2.75) is 12.5 Å². The molecular formula is C6H7NO4. The van der Waals surface area contributed by atoms with E-state index in [1.165, 1.54) is 6.20 Å². The van der Waals surface area contributed by atoms with Crippen LogP contribution in [0.15, 0.2) is 17.0 Å². The number of aliphatic hydroxyl groups excluding tert-OH is 1. The molecule has 0 aliphatic carbocycles. The van der Waals surface area contributed by atoms with Crippen LogP contribution in [0.3, 0.4) is 0 Å². The van der Waals surface area contributed by atoms with Crippen molar-refractivity contribution in [1.29, 1.82) is 0 Å². The van der Waals surface area contributed by atoms with Gasteiger partial charge in [-0.1, -0.05) is 0 Å². The van der Waals surface area contributed by atoms with E-state index in [1.807, 2.05) is 0 Å². The molecule has 1 aromatic rings. The molecule has 11 heavy (non-hydrogen) atoms. The average molecular weight is 157 g/mol. The lowest BCUT2D eigenvalue weighted by molar-refractivity contribution is -0.139. The number of hydrogen-bond acceptors (Lipinski definition) is 4. The number of carbonyl (C=O) groups is 1. The van der Waals surface area contributed by atoms with Crippen molar-refractivity contribution in [2.24, 2.45) is 0 Å². The molecule has 2 N–H and O–H groups in total. The zero-order chi connectivity index (χ0) is 8.27. The lowest BCUT2D eigenvalue weighted by atomic mass is 10.2. The average Bonchev–Trinajstić information content (AvgIpc) is 2.35. The number of rotatable bonds is 3. The minimum absolute atomic E-state index is 0.174. The van der Waals surface area contributed by atoms with Gasteiger partial charge in [-0.15, -0.1) is 0 Å². The monoisotopic (exact) mass is 157 g/mol. The van der Waals surface area contributed by atoms with Gasteiger partial charge in [-0.2, -0.15) is 0 Å². The largest absolute Gasteiger partial charge is 0.481 e. The van der Waals surface area contributed by atoms with E-state index < -0.39 is 12.1 Å². The molecular weight excluding hydrogens is 150 g/mol. The number of aliphatic carboxylic acids is 1. The second-order valence-electron chi connectivity index (χ2n) is 2.02. The number of aromatic nitrogens is 1. The summed E-state index contributed by atoms with van der Waals surface area (Å²) in [5.74, 6) is -0.902. The van der Waals surface area contributed by atoms with E-state index >= 15 is 0 Å². The van der Waals surface area contributed by atoms with Crippen LogP contribution in [0.5, 0.6) is 0 Å². The van der Waals surface area contributed by atoms with E-state index in [0.29, 0.717) is 0 Å². The van der Waals surface area contributed by atoms with Gasteiger partial charge in [-0.3, -0.25) is 4.79 Å². The number of carboxylic acid groups (broad SMARTS) is 1. The summed E-state index contributed by atoms with van der Waals surface area (Å²) in [7, 11) is 0. The highest BCUT2D eigenvalue weighted by Gasteiger charge is 2.14. The van der Waals surface area contributed by atoms with Crippen molar-refractivity contribution in [3.63, 3.8) is 0 Å². The van der Waals surface area contributed by atoms with E-state index in [2.05, 4.69) is 9.40 Å². The molecule has 1 atom stereocenters. The molecule has 0 saturated heterocycles. The molecule has 5 heteroatoms. The van der Waals surface area contributed by atoms with Gasteiger partial charge in [-0.05, 0) is 0 Å². The lowest BCUT2D eigenvalue weighted by Crippen LogP contribution is -2.04. The second kappa shape index (κ2) is 3.16. The summed E-state index contributed by atoms with van der Waals surface area (Å²) in [4.78, 5) is 13.6. The topological polar surface area (TPSA) is 83.6 Å². The minimum atomic E-state index is -1.10. The predicted molar refractivity (Wildman–Crippen MR) is 33.7 cm³/mol. The van der Waals surface area contributed by atoms with Gasteiger partial charge >= 0.3 is 5.97 Å². The van der Waals surface area contributed by atoms with E-state index in [9.17, 15) is 4.79 Å². The van der Waals surface area contributed by atoms with Crippen LogP contribution >= 0.6 is 0 Å². The fraction of sp³-hybridized carbons (Fsp3) is 0.333. The van der Waals surface area contributed by atoms with Gasteiger partial charge < -0.3 is 14.6 Å². The third kappa shape index (κ3) is 2.05. The molecule has 0 saturated carbocycles. The Kier molecular flexibility index (Phi) is 2.22. The number of aliphatic hydroxyl groups is 1. The van der Waals surface area contributed by atoms with Gasteiger partial charge in [0.1, 0.15) is 6.10 Å². The van der Waals surface area contributed by atoms with Crippen molar-refractivity contribution >= 4 is 5.97 Å². The number of hydrogen-bond donors (Lipinski definition) is 2. The van der Waals surface area contributed by atoms with Crippen molar-refractivity contribution < 1.29 is 19.4 Å². The summed E-state index contributed by atoms with van der Waals surface area (Å²) in [6, 6.07) is 0. The quantitative estimate of drug-likeness (QED) is 0.653. The SMILES string of the molecule is O=C(O)CC(O)c1cnco1. The van der Waals surface area contributed by atoms with Crippen LogP contribution in [0.1, 0.15) is 18.3 Å². The van der Waals surface area contributed by atoms with Gasteiger partial charge in [0.05, 0.1) is 12.6 Å². The summed E-state index contributed by atoms with van der Waals surface area (Å²) >= 11 is 0. The molecule has 1 heterocycles. The summed E-state index contributed by atoms with van der Waals surface area (Å²) in [5.41, 5.74) is 0. The van der Waals surface area contributed by atoms with Crippen LogP contribution in [0.25, 0.3) is 0 Å². The number of oxazole rings is 1. The molecule has 0 radical (unpaired) electrons. The molecule has 0 fully saturated rings. The molecule has 5 nitrogen and oxygen atoms in total. The van der Waals surface area contributed by atoms with Gasteiger partial charge in [-0.25, -0.2) is 4.98 Å². The lowest BCUT2D eigenvalue weighted by Gasteiger charge is -2.00. The van der Waals surface area contributed by atoms with E-state index in [1.54, 1.807) is 0 Å². The molecule has 0 spiro atoms. The summed E-state index contributed by atoms with van der Waals surface area (Å²) in [5, 5.41) is 17.3. The van der Waals surface area contributed by atoms with Crippen LogP contribution in [0.2, 0.25) is 0 Å². The van der Waals surface area contributed by atoms with E-state index in [0.717, 1.165) is 6.39 Å². The first kappa shape index (κ1) is 7.74. The maximum Gasteiger partial charge on any atom is 0.306 e. The van der Waals surface area contributed by atoms with Gasteiger partial charge in [0.15, 0.2) is 12.2 Å². The molecule has 0 bridgehead atoms. The highest BCUT2D eigenvalue weighted by atomic mass is 16.4. The van der Waals surface area contributed by atoms with E-state index in [-0.39, 0.29) is 12.2 Å². The first-order valence-corrected chi connectivity index (χ1v) is 2.98. The molecule has 0 aliphatic rings. The Morgan fingerprint density at radius 3 is 3.00 bits per heavy atom. The molecule has 1 unspecified atom stereocenters. The number of nitrogens with zero attached hydrogens (tertiary/aromatic N) is 1. The maximum absolute atomic E-state index is 10.1. The first-order valence-electron chi connectivity index (χ1n) is 2.98. The molecule has 0 aliphatic heterocycles. The Hall–Kier alpha value is -1.36. The fourth-order valence-electron chi connectivity index (χ4n) is 0.656. The highest BCUT2D eigenvalue weighted by molar-refractivity contribution is 5.67. The third-order valence-corrected chi connectivity index (χ3v) is 1.15. The standard InChI is InChI=1S/C6H7NO4/c8-4(1-6(9)10)5-2-7-3-11-5/h2-4,8H,1H2,(H,9,10). The number of carboxylic acids is 1. The smallest absolute Gasteiger partial charge is 0.306 e. The van der Waals surface area contributed by atoms with Crippen molar-refractivity contribution in [2.75, 3.05) is 0 Å². The normalized spacial score (nSPS) is 12.8. The van der Waals surface area contributed by atoms with Crippen molar-refractivity contribution in [3.05, 3.63) is 18.4 Å². The fourth-order valence-corrected chi connectivity index (χ4v) is 0.656. The molecule has 1 rings (SSSR count). The highest BCUT2D eigenvalue weighted by Crippen LogP contribution is 2.14. The molecule has 0 aromatic carbocycles. The Labute approximate surface area is 62.3 Å². The van der Waals surface area contributed by atoms with Crippen LogP contribution in [0.4, 0.5) is 0 Å². The zero-order valence-corrected chi connectivity index (χ0v) is 5.60. The maximum atomic E-state index is 10.1. The Morgan fingerprint density at radius 2 is 2.55 bits per heavy atom. The minimum Gasteiger partial charge on any atom is -0.481 e. The van der Waals surface area contributed by atoms with E-state index in [4.69, 9.17) is 10.2 Å². The Balaban J connectivity index is 2.56. The van der Waals surface area contributed by atoms with Gasteiger partial charge in [0, 0.05) is 0 Å². The second-order valence-corrected chi connectivity index (χ2v) is 2.02. The third-order valence-electron chi connectivity index (χ3n) is 1.15. The predicted octanol–water partition coefficient (Wildman–Crippen LogP) is 0.183. The summed E-state index contributed by atoms with van der Waals surface area (Å²) < 4.78 is 4.67. The molecule has 60 valence electrons. The Morgan fingerprint density at radius 1 is 1.82 bits per heavy atom. The van der Waals surface area contributed by atoms with Crippen LogP contribution in [-0.2, 0) is 4.79 Å². The zero-order valence-electron chi connectivity index (χ0n) is 5.60.